The van der Waals surface area contributed by atoms with Gasteiger partial charge in [-0.25, -0.2) is 0 Å². The van der Waals surface area contributed by atoms with Crippen LogP contribution in [0.2, 0.25) is 0 Å². The molecule has 2 fully saturated rings. The lowest BCUT2D eigenvalue weighted by Crippen LogP contribution is -2.41. The Balaban J connectivity index is 1.82. The van der Waals surface area contributed by atoms with Gasteiger partial charge in [-0.3, -0.25) is 4.90 Å². The predicted octanol–water partition coefficient (Wildman–Crippen LogP) is 2.52. The van der Waals surface area contributed by atoms with E-state index in [-0.39, 0.29) is 18.3 Å². The van der Waals surface area contributed by atoms with Crippen molar-refractivity contribution in [1.29, 1.82) is 0 Å². The van der Waals surface area contributed by atoms with Gasteiger partial charge in [0.05, 0.1) is 18.3 Å². The van der Waals surface area contributed by atoms with Gasteiger partial charge in [0.2, 0.25) is 0 Å². The largest absolute Gasteiger partial charge is 0.496 e. The zero-order valence-corrected chi connectivity index (χ0v) is 18.0. The van der Waals surface area contributed by atoms with Crippen molar-refractivity contribution in [2.75, 3.05) is 33.8 Å². The molecule has 1 aromatic rings. The second kappa shape index (κ2) is 7.74. The standard InChI is InChI=1S/C21H35BN2O3/c1-16-14-23(6)11-8-12-24(16)15-17-13-18(9-10-19(17)25-7)22-26-20(2,3)21(4,5)27-22/h9-10,13,16H,8,11-12,14-15H2,1-7H3. The van der Waals surface area contributed by atoms with Gasteiger partial charge in [-0.15, -0.1) is 0 Å². The summed E-state index contributed by atoms with van der Waals surface area (Å²) in [5, 5.41) is 0. The second-order valence-electron chi connectivity index (χ2n) is 9.09. The molecule has 0 aromatic heterocycles. The Morgan fingerprint density at radius 2 is 1.81 bits per heavy atom. The van der Waals surface area contributed by atoms with E-state index in [1.807, 2.05) is 6.07 Å². The van der Waals surface area contributed by atoms with Crippen LogP contribution >= 0.6 is 0 Å². The van der Waals surface area contributed by atoms with Gasteiger partial charge >= 0.3 is 7.12 Å². The lowest BCUT2D eigenvalue weighted by Gasteiger charge is -2.32. The predicted molar refractivity (Wildman–Crippen MR) is 111 cm³/mol. The zero-order valence-electron chi connectivity index (χ0n) is 18.0. The van der Waals surface area contributed by atoms with Crippen LogP contribution in [-0.2, 0) is 15.9 Å². The summed E-state index contributed by atoms with van der Waals surface area (Å²) in [7, 11) is 3.61. The first kappa shape index (κ1) is 20.7. The van der Waals surface area contributed by atoms with Crippen molar-refractivity contribution >= 4 is 12.6 Å². The van der Waals surface area contributed by atoms with E-state index in [9.17, 15) is 0 Å². The van der Waals surface area contributed by atoms with Gasteiger partial charge in [0.25, 0.3) is 0 Å². The Bertz CT molecular complexity index is 649. The molecular formula is C21H35BN2O3. The lowest BCUT2D eigenvalue weighted by molar-refractivity contribution is 0.00578. The topological polar surface area (TPSA) is 34.2 Å². The van der Waals surface area contributed by atoms with E-state index in [0.717, 1.165) is 37.4 Å². The molecule has 2 aliphatic rings. The summed E-state index contributed by atoms with van der Waals surface area (Å²) in [6, 6.07) is 6.82. The lowest BCUT2D eigenvalue weighted by atomic mass is 9.78. The van der Waals surface area contributed by atoms with E-state index >= 15 is 0 Å². The van der Waals surface area contributed by atoms with Crippen LogP contribution in [0.25, 0.3) is 0 Å². The number of likely N-dealkylation sites (N-methyl/N-ethyl adjacent to an activating group) is 1. The molecule has 2 heterocycles. The quantitative estimate of drug-likeness (QED) is 0.757. The van der Waals surface area contributed by atoms with Gasteiger partial charge in [-0.05, 0) is 66.2 Å². The van der Waals surface area contributed by atoms with Crippen molar-refractivity contribution in [1.82, 2.24) is 9.80 Å². The molecule has 150 valence electrons. The number of nitrogens with zero attached hydrogens (tertiary/aromatic N) is 2. The fourth-order valence-electron chi connectivity index (χ4n) is 3.92. The summed E-state index contributed by atoms with van der Waals surface area (Å²) in [5.74, 6) is 0.931. The maximum Gasteiger partial charge on any atom is 0.494 e. The minimum absolute atomic E-state index is 0.332. The molecule has 1 aromatic carbocycles. The molecule has 5 nitrogen and oxygen atoms in total. The zero-order chi connectivity index (χ0) is 19.8. The molecule has 0 radical (unpaired) electrons. The first-order valence-corrected chi connectivity index (χ1v) is 10.1. The molecule has 1 unspecified atom stereocenters. The molecule has 1 atom stereocenters. The van der Waals surface area contributed by atoms with Gasteiger partial charge in [-0.1, -0.05) is 12.1 Å². The summed E-state index contributed by atoms with van der Waals surface area (Å²) >= 11 is 0. The van der Waals surface area contributed by atoms with Crippen molar-refractivity contribution in [3.8, 4) is 5.75 Å². The van der Waals surface area contributed by atoms with Gasteiger partial charge in [0.1, 0.15) is 5.75 Å². The number of benzene rings is 1. The van der Waals surface area contributed by atoms with E-state index in [1.165, 1.54) is 12.0 Å². The highest BCUT2D eigenvalue weighted by Crippen LogP contribution is 2.36. The Morgan fingerprint density at radius 3 is 2.44 bits per heavy atom. The van der Waals surface area contributed by atoms with Crippen LogP contribution in [0, 0.1) is 0 Å². The average molecular weight is 374 g/mol. The van der Waals surface area contributed by atoms with Crippen LogP contribution in [0.1, 0.15) is 46.6 Å². The molecular weight excluding hydrogens is 339 g/mol. The smallest absolute Gasteiger partial charge is 0.494 e. The molecule has 6 heteroatoms. The number of methoxy groups -OCH3 is 1. The molecule has 0 spiro atoms. The second-order valence-corrected chi connectivity index (χ2v) is 9.09. The Labute approximate surface area is 165 Å². The number of rotatable bonds is 4. The Morgan fingerprint density at radius 1 is 1.15 bits per heavy atom. The third-order valence-corrected chi connectivity index (χ3v) is 6.39. The van der Waals surface area contributed by atoms with Crippen molar-refractivity contribution in [3.63, 3.8) is 0 Å². The molecule has 2 aliphatic heterocycles. The van der Waals surface area contributed by atoms with Crippen molar-refractivity contribution in [2.45, 2.75) is 64.8 Å². The van der Waals surface area contributed by atoms with Crippen LogP contribution < -0.4 is 10.2 Å². The Kier molecular flexibility index (Phi) is 5.92. The van der Waals surface area contributed by atoms with E-state index in [1.54, 1.807) is 7.11 Å². The average Bonchev–Trinajstić information content (AvgIpc) is 2.70. The molecule has 0 aliphatic carbocycles. The summed E-state index contributed by atoms with van der Waals surface area (Å²) < 4.78 is 18.1. The van der Waals surface area contributed by atoms with Gasteiger partial charge in [0, 0.05) is 31.2 Å². The molecule has 27 heavy (non-hydrogen) atoms. The molecule has 0 saturated carbocycles. The van der Waals surface area contributed by atoms with Crippen molar-refractivity contribution < 1.29 is 14.0 Å². The van der Waals surface area contributed by atoms with Gasteiger partial charge < -0.3 is 18.9 Å². The van der Waals surface area contributed by atoms with E-state index in [4.69, 9.17) is 14.0 Å². The van der Waals surface area contributed by atoms with Crippen LogP contribution in [0.3, 0.4) is 0 Å². The first-order valence-electron chi connectivity index (χ1n) is 10.1. The fraction of sp³-hybridized carbons (Fsp3) is 0.714. The maximum atomic E-state index is 6.24. The van der Waals surface area contributed by atoms with Crippen LogP contribution in [0.15, 0.2) is 18.2 Å². The van der Waals surface area contributed by atoms with Crippen LogP contribution in [0.4, 0.5) is 0 Å². The SMILES string of the molecule is COc1ccc(B2OC(C)(C)C(C)(C)O2)cc1CN1CCCN(C)CC1C. The molecule has 3 rings (SSSR count). The maximum absolute atomic E-state index is 6.24. The normalized spacial score (nSPS) is 26.2. The van der Waals surface area contributed by atoms with Crippen LogP contribution in [-0.4, -0.2) is 68.0 Å². The molecule has 0 bridgehead atoms. The highest BCUT2D eigenvalue weighted by Gasteiger charge is 2.51. The minimum atomic E-state index is -0.340. The van der Waals surface area contributed by atoms with Gasteiger partial charge in [0.15, 0.2) is 0 Å². The summed E-state index contributed by atoms with van der Waals surface area (Å²) in [5.41, 5.74) is 1.59. The minimum Gasteiger partial charge on any atom is -0.496 e. The monoisotopic (exact) mass is 374 g/mol. The fourth-order valence-corrected chi connectivity index (χ4v) is 3.92. The molecule has 0 amide bonds. The third-order valence-electron chi connectivity index (χ3n) is 6.39. The number of hydrogen-bond donors (Lipinski definition) is 0. The van der Waals surface area contributed by atoms with Crippen molar-refractivity contribution in [3.05, 3.63) is 23.8 Å². The van der Waals surface area contributed by atoms with Crippen LogP contribution in [0.5, 0.6) is 5.75 Å². The van der Waals surface area contributed by atoms with Gasteiger partial charge in [-0.2, -0.15) is 0 Å². The highest BCUT2D eigenvalue weighted by molar-refractivity contribution is 6.62. The molecule has 2 saturated heterocycles. The van der Waals surface area contributed by atoms with E-state index < -0.39 is 0 Å². The number of ether oxygens (including phenoxy) is 1. The number of hydrogen-bond acceptors (Lipinski definition) is 5. The Hall–Kier alpha value is -1.08. The summed E-state index contributed by atoms with van der Waals surface area (Å²) in [6.07, 6.45) is 1.19. The third kappa shape index (κ3) is 4.34. The first-order chi connectivity index (χ1) is 12.6. The summed E-state index contributed by atoms with van der Waals surface area (Å²) in [4.78, 5) is 4.97. The van der Waals surface area contributed by atoms with E-state index in [2.05, 4.69) is 63.6 Å². The molecule has 0 N–H and O–H groups in total. The summed E-state index contributed by atoms with van der Waals surface area (Å²) in [6.45, 7) is 14.9. The van der Waals surface area contributed by atoms with Crippen molar-refractivity contribution in [2.24, 2.45) is 0 Å². The van der Waals surface area contributed by atoms with E-state index in [0.29, 0.717) is 6.04 Å². The highest BCUT2D eigenvalue weighted by atomic mass is 16.7.